The van der Waals surface area contributed by atoms with Crippen molar-refractivity contribution in [1.82, 2.24) is 24.9 Å². The van der Waals surface area contributed by atoms with Gasteiger partial charge in [0.05, 0.1) is 25.4 Å². The number of guanidine groups is 1. The number of likely N-dealkylation sites (N-methyl/N-ethyl adjacent to an activating group) is 1. The third kappa shape index (κ3) is 6.18. The Labute approximate surface area is 197 Å². The fourth-order valence-electron chi connectivity index (χ4n) is 3.74. The van der Waals surface area contributed by atoms with E-state index in [4.69, 9.17) is 4.74 Å². The highest BCUT2D eigenvalue weighted by Gasteiger charge is 2.25. The van der Waals surface area contributed by atoms with Gasteiger partial charge in [0.15, 0.2) is 5.96 Å². The van der Waals surface area contributed by atoms with Crippen molar-refractivity contribution < 1.29 is 4.74 Å². The first-order valence-electron chi connectivity index (χ1n) is 10.3. The van der Waals surface area contributed by atoms with Crippen LogP contribution in [0.4, 0.5) is 0 Å². The predicted molar refractivity (Wildman–Crippen MR) is 132 cm³/mol. The number of rotatable bonds is 6. The van der Waals surface area contributed by atoms with Crippen LogP contribution in [0, 0.1) is 0 Å². The van der Waals surface area contributed by atoms with Gasteiger partial charge in [0.1, 0.15) is 6.10 Å². The molecule has 0 bridgehead atoms. The molecule has 8 heteroatoms. The number of nitrogens with zero attached hydrogens (tertiary/aromatic N) is 5. The Kier molecular flexibility index (Phi) is 9.57. The molecule has 0 aliphatic carbocycles. The van der Waals surface area contributed by atoms with Crippen LogP contribution >= 0.6 is 24.0 Å². The van der Waals surface area contributed by atoms with Crippen molar-refractivity contribution in [1.29, 1.82) is 0 Å². The summed E-state index contributed by atoms with van der Waals surface area (Å²) >= 11 is 0. The predicted octanol–water partition coefficient (Wildman–Crippen LogP) is 2.85. The Morgan fingerprint density at radius 2 is 2.07 bits per heavy atom. The first-order chi connectivity index (χ1) is 14.0. The summed E-state index contributed by atoms with van der Waals surface area (Å²) in [6.07, 6.45) is 4.98. The molecule has 2 aromatic rings. The van der Waals surface area contributed by atoms with E-state index in [2.05, 4.69) is 70.5 Å². The van der Waals surface area contributed by atoms with Gasteiger partial charge in [-0.05, 0) is 31.6 Å². The van der Waals surface area contributed by atoms with E-state index in [1.807, 2.05) is 31.2 Å². The second-order valence-electron chi connectivity index (χ2n) is 7.76. The molecule has 1 fully saturated rings. The van der Waals surface area contributed by atoms with E-state index < -0.39 is 0 Å². The average Bonchev–Trinajstić information content (AvgIpc) is 3.18. The van der Waals surface area contributed by atoms with Gasteiger partial charge in [0.2, 0.25) is 0 Å². The van der Waals surface area contributed by atoms with E-state index in [-0.39, 0.29) is 36.1 Å². The van der Waals surface area contributed by atoms with Gasteiger partial charge in [0.25, 0.3) is 0 Å². The molecule has 2 heterocycles. The third-order valence-electron chi connectivity index (χ3n) is 5.52. The van der Waals surface area contributed by atoms with Crippen molar-refractivity contribution in [2.24, 2.45) is 12.0 Å². The number of morpholine rings is 1. The molecule has 0 spiro atoms. The van der Waals surface area contributed by atoms with Gasteiger partial charge in [-0.1, -0.05) is 31.2 Å². The third-order valence-corrected chi connectivity index (χ3v) is 5.52. The quantitative estimate of drug-likeness (QED) is 0.357. The van der Waals surface area contributed by atoms with E-state index in [0.29, 0.717) is 6.61 Å². The van der Waals surface area contributed by atoms with Crippen LogP contribution in [-0.4, -0.2) is 72.9 Å². The Bertz CT molecular complexity index is 804. The number of hydrogen-bond acceptors (Lipinski definition) is 4. The topological polar surface area (TPSA) is 57.9 Å². The number of aryl methyl sites for hydroxylation is 2. The number of benzene rings is 1. The highest BCUT2D eigenvalue weighted by Crippen LogP contribution is 2.22. The van der Waals surface area contributed by atoms with Gasteiger partial charge in [-0.25, -0.2) is 0 Å². The molecule has 1 aliphatic heterocycles. The minimum Gasteiger partial charge on any atom is -0.370 e. The molecule has 0 radical (unpaired) electrons. The summed E-state index contributed by atoms with van der Waals surface area (Å²) in [5.74, 6) is 0.916. The van der Waals surface area contributed by atoms with Crippen molar-refractivity contribution in [2.75, 3.05) is 47.4 Å². The lowest BCUT2D eigenvalue weighted by Gasteiger charge is -2.35. The molecule has 0 amide bonds. The number of nitrogens with one attached hydrogen (secondary N) is 1. The van der Waals surface area contributed by atoms with E-state index in [1.165, 1.54) is 11.1 Å². The number of halogens is 1. The smallest absolute Gasteiger partial charge is 0.193 e. The molecule has 7 nitrogen and oxygen atoms in total. The van der Waals surface area contributed by atoms with Crippen LogP contribution in [-0.2, 0) is 18.2 Å². The van der Waals surface area contributed by atoms with Crippen LogP contribution in [0.15, 0.2) is 41.7 Å². The Hall–Kier alpha value is -1.65. The molecular formula is C22H35IN6O. The van der Waals surface area contributed by atoms with Crippen molar-refractivity contribution in [2.45, 2.75) is 25.5 Å². The van der Waals surface area contributed by atoms with Crippen LogP contribution in [0.1, 0.15) is 35.8 Å². The molecule has 0 saturated carbocycles. The summed E-state index contributed by atoms with van der Waals surface area (Å²) in [7, 11) is 8.02. The second-order valence-corrected chi connectivity index (χ2v) is 7.76. The second kappa shape index (κ2) is 11.7. The lowest BCUT2D eigenvalue weighted by atomic mass is 10.0. The van der Waals surface area contributed by atoms with Gasteiger partial charge in [-0.3, -0.25) is 9.67 Å². The molecule has 166 valence electrons. The summed E-state index contributed by atoms with van der Waals surface area (Å²) < 4.78 is 7.79. The number of aromatic nitrogens is 2. The molecule has 3 rings (SSSR count). The van der Waals surface area contributed by atoms with Crippen LogP contribution < -0.4 is 5.32 Å². The standard InChI is InChI=1S/C22H34N6O.HI/c1-6-17-7-9-18(10-8-17)20(26(3)4)14-24-22(23-2)28-11-12-29-21(16-28)19-13-25-27(5)15-19;/h7-10,13,15,20-21H,6,11-12,14,16H2,1-5H3,(H,23,24);1H. The molecular weight excluding hydrogens is 491 g/mol. The highest BCUT2D eigenvalue weighted by atomic mass is 127. The van der Waals surface area contributed by atoms with E-state index in [9.17, 15) is 0 Å². The Morgan fingerprint density at radius 3 is 2.63 bits per heavy atom. The summed E-state index contributed by atoms with van der Waals surface area (Å²) in [6, 6.07) is 9.19. The molecule has 1 saturated heterocycles. The van der Waals surface area contributed by atoms with Gasteiger partial charge >= 0.3 is 0 Å². The first-order valence-corrected chi connectivity index (χ1v) is 10.3. The van der Waals surface area contributed by atoms with Crippen molar-refractivity contribution >= 4 is 29.9 Å². The van der Waals surface area contributed by atoms with Crippen molar-refractivity contribution in [3.05, 3.63) is 53.3 Å². The minimum absolute atomic E-state index is 0. The maximum absolute atomic E-state index is 5.97. The van der Waals surface area contributed by atoms with E-state index >= 15 is 0 Å². The van der Waals surface area contributed by atoms with Crippen LogP contribution in [0.25, 0.3) is 0 Å². The molecule has 2 unspecified atom stereocenters. The zero-order chi connectivity index (χ0) is 20.8. The molecule has 30 heavy (non-hydrogen) atoms. The maximum Gasteiger partial charge on any atom is 0.193 e. The average molecular weight is 526 g/mol. The highest BCUT2D eigenvalue weighted by molar-refractivity contribution is 14.0. The summed E-state index contributed by atoms with van der Waals surface area (Å²) in [4.78, 5) is 9.05. The number of aliphatic imine (C=N–C) groups is 1. The maximum atomic E-state index is 5.97. The Morgan fingerprint density at radius 1 is 1.33 bits per heavy atom. The van der Waals surface area contributed by atoms with Gasteiger partial charge in [-0.15, -0.1) is 24.0 Å². The summed E-state index contributed by atoms with van der Waals surface area (Å²) in [6.45, 7) is 5.25. The van der Waals surface area contributed by atoms with E-state index in [1.54, 1.807) is 0 Å². The molecule has 1 aromatic heterocycles. The fraction of sp³-hybridized carbons (Fsp3) is 0.545. The van der Waals surface area contributed by atoms with Crippen LogP contribution in [0.2, 0.25) is 0 Å². The van der Waals surface area contributed by atoms with Crippen LogP contribution in [0.5, 0.6) is 0 Å². The number of hydrogen-bond donors (Lipinski definition) is 1. The lowest BCUT2D eigenvalue weighted by molar-refractivity contribution is -0.00811. The first kappa shape index (κ1) is 24.6. The van der Waals surface area contributed by atoms with Crippen molar-refractivity contribution in [3.8, 4) is 0 Å². The summed E-state index contributed by atoms with van der Waals surface area (Å²) in [5, 5.41) is 7.86. The zero-order valence-corrected chi connectivity index (χ0v) is 21.0. The van der Waals surface area contributed by atoms with Gasteiger partial charge < -0.3 is 19.9 Å². The Balaban J connectivity index is 0.00000320. The molecule has 1 aromatic carbocycles. The number of ether oxygens (including phenoxy) is 1. The van der Waals surface area contributed by atoms with Gasteiger partial charge in [-0.2, -0.15) is 5.10 Å². The van der Waals surface area contributed by atoms with E-state index in [0.717, 1.165) is 37.6 Å². The minimum atomic E-state index is 0. The molecule has 1 N–H and O–H groups in total. The summed E-state index contributed by atoms with van der Waals surface area (Å²) in [5.41, 5.74) is 3.78. The van der Waals surface area contributed by atoms with Gasteiger partial charge in [0, 0.05) is 38.9 Å². The zero-order valence-electron chi connectivity index (χ0n) is 18.7. The lowest BCUT2D eigenvalue weighted by Crippen LogP contribution is -2.49. The largest absolute Gasteiger partial charge is 0.370 e. The molecule has 2 atom stereocenters. The SMILES string of the molecule is CCc1ccc(C(CNC(=NC)N2CCOC(c3cnn(C)c3)C2)N(C)C)cc1.I. The van der Waals surface area contributed by atoms with Crippen molar-refractivity contribution in [3.63, 3.8) is 0 Å². The van der Waals surface area contributed by atoms with Crippen LogP contribution in [0.3, 0.4) is 0 Å². The molecule has 1 aliphatic rings. The monoisotopic (exact) mass is 526 g/mol. The fourth-order valence-corrected chi connectivity index (χ4v) is 3.74. The normalized spacial score (nSPS) is 18.3.